The van der Waals surface area contributed by atoms with Gasteiger partial charge in [0.25, 0.3) is 5.95 Å². The van der Waals surface area contributed by atoms with Crippen LogP contribution in [0.5, 0.6) is 11.5 Å². The van der Waals surface area contributed by atoms with Crippen LogP contribution in [0.2, 0.25) is 5.02 Å². The number of ether oxygens (including phenoxy) is 2. The van der Waals surface area contributed by atoms with Crippen LogP contribution in [-0.4, -0.2) is 38.9 Å². The molecular formula is C21H22ClN5O3. The summed E-state index contributed by atoms with van der Waals surface area (Å²) in [5.74, 6) is 1.79. The van der Waals surface area contributed by atoms with Crippen molar-refractivity contribution in [2.45, 2.75) is 33.6 Å². The van der Waals surface area contributed by atoms with E-state index in [1.54, 1.807) is 18.2 Å². The summed E-state index contributed by atoms with van der Waals surface area (Å²) in [5, 5.41) is 7.75. The minimum atomic E-state index is -0.217. The van der Waals surface area contributed by atoms with Gasteiger partial charge >= 0.3 is 0 Å². The van der Waals surface area contributed by atoms with Gasteiger partial charge in [0.1, 0.15) is 5.82 Å². The zero-order valence-corrected chi connectivity index (χ0v) is 17.8. The lowest BCUT2D eigenvalue weighted by atomic mass is 10.1. The Hall–Kier alpha value is -3.13. The number of amides is 1. The van der Waals surface area contributed by atoms with Crippen LogP contribution in [-0.2, 0) is 11.2 Å². The van der Waals surface area contributed by atoms with E-state index in [0.717, 1.165) is 29.1 Å². The molecule has 0 saturated carbocycles. The van der Waals surface area contributed by atoms with Crippen LogP contribution in [0.4, 0.5) is 5.82 Å². The molecule has 0 saturated heterocycles. The van der Waals surface area contributed by atoms with Gasteiger partial charge in [-0.15, -0.1) is 0 Å². The Morgan fingerprint density at radius 1 is 1.07 bits per heavy atom. The predicted molar refractivity (Wildman–Crippen MR) is 113 cm³/mol. The zero-order valence-electron chi connectivity index (χ0n) is 17.0. The van der Waals surface area contributed by atoms with Crippen LogP contribution < -0.4 is 14.8 Å². The van der Waals surface area contributed by atoms with Gasteiger partial charge < -0.3 is 14.8 Å². The van der Waals surface area contributed by atoms with E-state index in [-0.39, 0.29) is 12.3 Å². The van der Waals surface area contributed by atoms with Crippen LogP contribution in [0.25, 0.3) is 5.95 Å². The molecule has 2 aromatic heterocycles. The van der Waals surface area contributed by atoms with Crippen molar-refractivity contribution in [1.82, 2.24) is 19.7 Å². The first kappa shape index (κ1) is 20.2. The van der Waals surface area contributed by atoms with Crippen molar-refractivity contribution < 1.29 is 14.3 Å². The van der Waals surface area contributed by atoms with Gasteiger partial charge in [-0.2, -0.15) is 9.78 Å². The standard InChI is InChI=1S/C21H22ClN5O3/c1-12-7-13(2)24-21(23-12)27-18(8-14(3)26-27)25-19(28)11-15-9-16(22)20-17(10-15)29-5-4-6-30-20/h7-10H,4-6,11H2,1-3H3,(H,25,28). The van der Waals surface area contributed by atoms with Crippen LogP contribution in [0.15, 0.2) is 24.3 Å². The van der Waals surface area contributed by atoms with Gasteiger partial charge in [0, 0.05) is 23.9 Å². The smallest absolute Gasteiger partial charge is 0.252 e. The minimum absolute atomic E-state index is 0.119. The van der Waals surface area contributed by atoms with E-state index >= 15 is 0 Å². The SMILES string of the molecule is Cc1cc(C)nc(-n2nc(C)cc2NC(=O)Cc2cc(Cl)c3c(c2)OCCCO3)n1. The number of halogens is 1. The van der Waals surface area contributed by atoms with Crippen molar-refractivity contribution >= 4 is 23.3 Å². The minimum Gasteiger partial charge on any atom is -0.489 e. The molecule has 1 N–H and O–H groups in total. The van der Waals surface area contributed by atoms with Gasteiger partial charge in [0.05, 0.1) is 30.4 Å². The molecule has 0 spiro atoms. The fourth-order valence-electron chi connectivity index (χ4n) is 3.30. The van der Waals surface area contributed by atoms with Crippen molar-refractivity contribution in [1.29, 1.82) is 0 Å². The summed E-state index contributed by atoms with van der Waals surface area (Å²) in [6.45, 7) is 6.73. The number of anilines is 1. The summed E-state index contributed by atoms with van der Waals surface area (Å²) < 4.78 is 12.9. The Labute approximate surface area is 179 Å². The van der Waals surface area contributed by atoms with E-state index in [4.69, 9.17) is 21.1 Å². The summed E-state index contributed by atoms with van der Waals surface area (Å²) in [5.41, 5.74) is 3.12. The Morgan fingerprint density at radius 2 is 1.80 bits per heavy atom. The number of rotatable bonds is 4. The Bertz CT molecular complexity index is 1090. The van der Waals surface area contributed by atoms with Crippen molar-refractivity contribution in [2.24, 2.45) is 0 Å². The van der Waals surface area contributed by atoms with E-state index in [9.17, 15) is 4.79 Å². The monoisotopic (exact) mass is 427 g/mol. The third-order valence-electron chi connectivity index (χ3n) is 4.49. The number of benzene rings is 1. The van der Waals surface area contributed by atoms with Crippen LogP contribution in [0.1, 0.15) is 29.1 Å². The van der Waals surface area contributed by atoms with Crippen molar-refractivity contribution in [3.63, 3.8) is 0 Å². The first-order chi connectivity index (χ1) is 14.4. The van der Waals surface area contributed by atoms with Crippen molar-refractivity contribution in [3.05, 3.63) is 51.9 Å². The van der Waals surface area contributed by atoms with Crippen LogP contribution in [0, 0.1) is 20.8 Å². The number of aryl methyl sites for hydroxylation is 3. The summed E-state index contributed by atoms with van der Waals surface area (Å²) in [7, 11) is 0. The zero-order chi connectivity index (χ0) is 21.3. The molecule has 0 aliphatic carbocycles. The highest BCUT2D eigenvalue weighted by Crippen LogP contribution is 2.38. The van der Waals surface area contributed by atoms with E-state index in [0.29, 0.717) is 41.5 Å². The number of fused-ring (bicyclic) bond motifs is 1. The maximum absolute atomic E-state index is 12.7. The van der Waals surface area contributed by atoms with E-state index < -0.39 is 0 Å². The van der Waals surface area contributed by atoms with Crippen LogP contribution >= 0.6 is 11.6 Å². The molecule has 8 nitrogen and oxygen atoms in total. The molecule has 9 heteroatoms. The number of carbonyl (C=O) groups excluding carboxylic acids is 1. The quantitative estimate of drug-likeness (QED) is 0.684. The second kappa shape index (κ2) is 8.31. The molecular weight excluding hydrogens is 406 g/mol. The highest BCUT2D eigenvalue weighted by Gasteiger charge is 2.18. The maximum Gasteiger partial charge on any atom is 0.252 e. The molecule has 3 aromatic rings. The van der Waals surface area contributed by atoms with Gasteiger partial charge in [-0.3, -0.25) is 4.79 Å². The van der Waals surface area contributed by atoms with E-state index in [1.807, 2.05) is 26.8 Å². The lowest BCUT2D eigenvalue weighted by molar-refractivity contribution is -0.115. The Balaban J connectivity index is 1.55. The summed E-state index contributed by atoms with van der Waals surface area (Å²) >= 11 is 6.33. The summed E-state index contributed by atoms with van der Waals surface area (Å²) in [4.78, 5) is 21.6. The molecule has 0 radical (unpaired) electrons. The number of nitrogens with zero attached hydrogens (tertiary/aromatic N) is 4. The number of carbonyl (C=O) groups is 1. The Morgan fingerprint density at radius 3 is 2.57 bits per heavy atom. The third kappa shape index (κ3) is 4.38. The Kier molecular flexibility index (Phi) is 5.59. The maximum atomic E-state index is 12.7. The normalized spacial score (nSPS) is 13.1. The summed E-state index contributed by atoms with van der Waals surface area (Å²) in [6, 6.07) is 7.18. The number of nitrogens with one attached hydrogen (secondary N) is 1. The first-order valence-corrected chi connectivity index (χ1v) is 10.0. The third-order valence-corrected chi connectivity index (χ3v) is 4.77. The molecule has 1 aliphatic heterocycles. The largest absolute Gasteiger partial charge is 0.489 e. The second-order valence-corrected chi connectivity index (χ2v) is 7.62. The molecule has 0 fully saturated rings. The number of aromatic nitrogens is 4. The topological polar surface area (TPSA) is 91.2 Å². The molecule has 0 atom stereocenters. The van der Waals surface area contributed by atoms with E-state index in [1.165, 1.54) is 4.68 Å². The molecule has 4 rings (SSSR count). The fourth-order valence-corrected chi connectivity index (χ4v) is 3.59. The molecule has 1 aliphatic rings. The predicted octanol–water partition coefficient (Wildman–Crippen LogP) is 3.58. The van der Waals surface area contributed by atoms with Gasteiger partial charge in [-0.25, -0.2) is 9.97 Å². The number of hydrogen-bond acceptors (Lipinski definition) is 6. The lowest BCUT2D eigenvalue weighted by Crippen LogP contribution is -2.18. The van der Waals surface area contributed by atoms with Gasteiger partial charge in [-0.05, 0) is 44.5 Å². The van der Waals surface area contributed by atoms with Gasteiger partial charge in [0.15, 0.2) is 11.5 Å². The van der Waals surface area contributed by atoms with Gasteiger partial charge in [-0.1, -0.05) is 11.6 Å². The fraction of sp³-hybridized carbons (Fsp3) is 0.333. The molecule has 0 bridgehead atoms. The molecule has 156 valence electrons. The summed E-state index contributed by atoms with van der Waals surface area (Å²) in [6.07, 6.45) is 0.902. The number of hydrogen-bond donors (Lipinski definition) is 1. The highest BCUT2D eigenvalue weighted by molar-refractivity contribution is 6.32. The average Bonchev–Trinajstić information content (AvgIpc) is 2.86. The second-order valence-electron chi connectivity index (χ2n) is 7.21. The van der Waals surface area contributed by atoms with Crippen molar-refractivity contribution in [3.8, 4) is 17.4 Å². The van der Waals surface area contributed by atoms with E-state index in [2.05, 4.69) is 20.4 Å². The molecule has 0 unspecified atom stereocenters. The molecule has 3 heterocycles. The molecule has 1 aromatic carbocycles. The highest BCUT2D eigenvalue weighted by atomic mass is 35.5. The lowest BCUT2D eigenvalue weighted by Gasteiger charge is -2.12. The molecule has 30 heavy (non-hydrogen) atoms. The average molecular weight is 428 g/mol. The van der Waals surface area contributed by atoms with Crippen molar-refractivity contribution in [2.75, 3.05) is 18.5 Å². The van der Waals surface area contributed by atoms with Crippen LogP contribution in [0.3, 0.4) is 0 Å². The van der Waals surface area contributed by atoms with Gasteiger partial charge in [0.2, 0.25) is 5.91 Å². The first-order valence-electron chi connectivity index (χ1n) is 9.66. The molecule has 1 amide bonds.